The summed E-state index contributed by atoms with van der Waals surface area (Å²) in [4.78, 5) is 77.8. The number of carbonyl (C=O) groups is 6. The molecular weight excluding hydrogens is 879 g/mol. The largest absolute Gasteiger partial charge is 0.378 e. The van der Waals surface area contributed by atoms with E-state index in [0.717, 1.165) is 51.1 Å². The third-order valence-electron chi connectivity index (χ3n) is 9.87. The molecule has 1 aliphatic rings. The molecule has 1 aliphatic heterocycles. The first-order chi connectivity index (χ1) is 31.8. The van der Waals surface area contributed by atoms with Crippen LogP contribution in [0.5, 0.6) is 0 Å². The summed E-state index contributed by atoms with van der Waals surface area (Å²) >= 11 is 3.07. The molecule has 12 heteroatoms. The first-order valence-corrected chi connectivity index (χ1v) is 24.7. The summed E-state index contributed by atoms with van der Waals surface area (Å²) in [7, 11) is 0. The van der Waals surface area contributed by atoms with Crippen LogP contribution in [-0.2, 0) is 9.53 Å². The Kier molecular flexibility index (Phi) is 26.2. The predicted octanol–water partition coefficient (Wildman–Crippen LogP) is 13.1. The van der Waals surface area contributed by atoms with Crippen LogP contribution in [-0.4, -0.2) is 76.0 Å². The Balaban J connectivity index is 0.000000277. The summed E-state index contributed by atoms with van der Waals surface area (Å²) in [5.41, 5.74) is 4.27. The summed E-state index contributed by atoms with van der Waals surface area (Å²) in [6.07, 6.45) is 5.15. The maximum atomic E-state index is 11.7. The second kappa shape index (κ2) is 30.6. The molecule has 1 amide bonds. The quantitative estimate of drug-likeness (QED) is 0.126. The lowest BCUT2D eigenvalue weighted by atomic mass is 10.0. The summed E-state index contributed by atoms with van der Waals surface area (Å²) in [6, 6.07) is 26.2. The van der Waals surface area contributed by atoms with Crippen molar-refractivity contribution in [3.05, 3.63) is 147 Å². The number of amides is 1. The lowest BCUT2D eigenvalue weighted by Crippen LogP contribution is -2.42. The van der Waals surface area contributed by atoms with Crippen molar-refractivity contribution in [1.82, 2.24) is 14.9 Å². The third kappa shape index (κ3) is 20.8. The van der Waals surface area contributed by atoms with E-state index in [0.29, 0.717) is 13.2 Å². The number of benzene rings is 2. The van der Waals surface area contributed by atoms with Crippen LogP contribution in [0.3, 0.4) is 0 Å². The molecule has 0 atom stereocenters. The number of morpholine rings is 1. The molecule has 4 aromatic heterocycles. The van der Waals surface area contributed by atoms with Gasteiger partial charge in [0.25, 0.3) is 0 Å². The van der Waals surface area contributed by atoms with Crippen molar-refractivity contribution in [2.24, 2.45) is 35.5 Å². The molecule has 0 radical (unpaired) electrons. The van der Waals surface area contributed by atoms with Crippen molar-refractivity contribution in [3.63, 3.8) is 0 Å². The van der Waals surface area contributed by atoms with Crippen LogP contribution in [0, 0.1) is 35.5 Å². The van der Waals surface area contributed by atoms with E-state index in [1.54, 1.807) is 35.9 Å². The van der Waals surface area contributed by atoms with Gasteiger partial charge in [-0.3, -0.25) is 33.8 Å². The van der Waals surface area contributed by atoms with E-state index in [1.807, 2.05) is 183 Å². The fourth-order valence-electron chi connectivity index (χ4n) is 5.92. The normalized spacial score (nSPS) is 11.8. The molecule has 360 valence electrons. The van der Waals surface area contributed by atoms with Crippen molar-refractivity contribution >= 4 is 68.4 Å². The van der Waals surface area contributed by atoms with Crippen molar-refractivity contribution < 1.29 is 33.5 Å². The molecule has 0 unspecified atom stereocenters. The Bertz CT molecular complexity index is 2250. The molecule has 5 heterocycles. The average Bonchev–Trinajstić information content (AvgIpc) is 4.17. The molecule has 0 aliphatic carbocycles. The van der Waals surface area contributed by atoms with Crippen molar-refractivity contribution in [2.45, 2.75) is 83.1 Å². The van der Waals surface area contributed by atoms with Gasteiger partial charge in [0.2, 0.25) is 5.91 Å². The van der Waals surface area contributed by atoms with Gasteiger partial charge in [0, 0.05) is 106 Å². The Hall–Kier alpha value is -5.69. The number of nitrogens with zero attached hydrogens (tertiary/aromatic N) is 2. The van der Waals surface area contributed by atoms with Gasteiger partial charge in [0.15, 0.2) is 28.9 Å². The number of H-pyrrole nitrogens is 1. The number of aromatic amines is 1. The minimum atomic E-state index is 0.0615. The monoisotopic (exact) mass is 949 g/mol. The number of fused-ring (bicyclic) bond motifs is 1. The molecule has 0 saturated carbocycles. The van der Waals surface area contributed by atoms with E-state index in [4.69, 9.17) is 4.74 Å². The number of ether oxygens (including phenoxy) is 1. The van der Waals surface area contributed by atoms with Gasteiger partial charge in [-0.1, -0.05) is 119 Å². The molecule has 67 heavy (non-hydrogen) atoms. The highest BCUT2D eigenvalue weighted by molar-refractivity contribution is 7.12. The number of pyridine rings is 1. The Labute approximate surface area is 406 Å². The molecule has 10 nitrogen and oxygen atoms in total. The fraction of sp³-hybridized carbons (Fsp3) is 0.400. The van der Waals surface area contributed by atoms with E-state index >= 15 is 0 Å². The Morgan fingerprint density at radius 2 is 1.06 bits per heavy atom. The molecule has 2 aromatic carbocycles. The molecule has 1 N–H and O–H groups in total. The molecule has 0 bridgehead atoms. The van der Waals surface area contributed by atoms with E-state index in [-0.39, 0.29) is 70.3 Å². The number of aromatic nitrogens is 2. The lowest BCUT2D eigenvalue weighted by molar-refractivity contribution is -0.138. The Morgan fingerprint density at radius 1 is 0.537 bits per heavy atom. The van der Waals surface area contributed by atoms with Gasteiger partial charge in [-0.2, -0.15) is 11.3 Å². The standard InChI is InChI=1S/C12H13NO.C10H12O.C9H11NO.C8H15NO2.2C8H10OS/c1-8(2)12(14)10-3-4-11-9(7-10)5-6-13-11;1-8(2)10(11)9-6-4-3-5-7-9;1-7(2)9(11)8-3-5-10-6-4-8;1-7(2)8(10)9-3-5-11-6-4-9;1-6(2)8(9)7-3-4-10-5-7;1-6(2)8(9)7-4-3-5-10-7/h3-8,13H,1-2H3;3-8H,1-2H3;3-7H,1-2H3;7H,3-6H2,1-2H3;2*3-6H,1-2H3. The van der Waals surface area contributed by atoms with Gasteiger partial charge < -0.3 is 14.6 Å². The van der Waals surface area contributed by atoms with Crippen LogP contribution in [0.1, 0.15) is 134 Å². The molecular formula is C55H71N3O7S2. The lowest BCUT2D eigenvalue weighted by Gasteiger charge is -2.28. The van der Waals surface area contributed by atoms with Crippen molar-refractivity contribution in [2.75, 3.05) is 26.3 Å². The summed E-state index contributed by atoms with van der Waals surface area (Å²) < 4.78 is 5.14. The highest BCUT2D eigenvalue weighted by Gasteiger charge is 2.19. The van der Waals surface area contributed by atoms with E-state index in [1.165, 1.54) is 11.3 Å². The maximum absolute atomic E-state index is 11.7. The topological polar surface area (TPSA) is 144 Å². The number of rotatable bonds is 11. The SMILES string of the molecule is CC(C)C(=O)N1CCOCC1.CC(C)C(=O)c1ccc2[nH]ccc2c1.CC(C)C(=O)c1ccccc1.CC(C)C(=O)c1cccs1.CC(C)C(=O)c1ccncc1.CC(C)C(=O)c1ccsc1. The van der Waals surface area contributed by atoms with E-state index in [2.05, 4.69) is 9.97 Å². The molecule has 7 rings (SSSR count). The number of hydrogen-bond acceptors (Lipinski definition) is 10. The Morgan fingerprint density at radius 3 is 1.54 bits per heavy atom. The van der Waals surface area contributed by atoms with Gasteiger partial charge in [-0.05, 0) is 59.3 Å². The van der Waals surface area contributed by atoms with E-state index < -0.39 is 0 Å². The van der Waals surface area contributed by atoms with Gasteiger partial charge in [-0.15, -0.1) is 11.3 Å². The van der Waals surface area contributed by atoms with Crippen molar-refractivity contribution in [3.8, 4) is 0 Å². The zero-order valence-corrected chi connectivity index (χ0v) is 43.0. The number of Topliss-reactive ketones (excluding diaryl/α,β-unsaturated/α-hetero) is 5. The van der Waals surface area contributed by atoms with Crippen LogP contribution in [0.2, 0.25) is 0 Å². The molecule has 1 saturated heterocycles. The van der Waals surface area contributed by atoms with Crippen LogP contribution in [0.25, 0.3) is 10.9 Å². The number of carbonyl (C=O) groups excluding carboxylic acids is 6. The minimum absolute atomic E-state index is 0.0615. The average molecular weight is 950 g/mol. The van der Waals surface area contributed by atoms with Gasteiger partial charge >= 0.3 is 0 Å². The van der Waals surface area contributed by atoms with Crippen molar-refractivity contribution in [1.29, 1.82) is 0 Å². The van der Waals surface area contributed by atoms with Crippen LogP contribution < -0.4 is 0 Å². The molecule has 6 aromatic rings. The number of hydrogen-bond donors (Lipinski definition) is 1. The van der Waals surface area contributed by atoms with Gasteiger partial charge in [0.05, 0.1) is 18.1 Å². The number of thiophene rings is 2. The fourth-order valence-corrected chi connectivity index (χ4v) is 7.37. The number of nitrogens with one attached hydrogen (secondary N) is 1. The summed E-state index contributed by atoms with van der Waals surface area (Å²) in [5, 5.41) is 6.84. The number of ketones is 5. The first-order valence-electron chi connectivity index (χ1n) is 22.9. The first kappa shape index (κ1) is 57.4. The maximum Gasteiger partial charge on any atom is 0.225 e. The van der Waals surface area contributed by atoms with Crippen LogP contribution >= 0.6 is 22.7 Å². The van der Waals surface area contributed by atoms with Gasteiger partial charge in [-0.25, -0.2) is 0 Å². The van der Waals surface area contributed by atoms with Crippen LogP contribution in [0.4, 0.5) is 0 Å². The second-order valence-electron chi connectivity index (χ2n) is 17.6. The van der Waals surface area contributed by atoms with E-state index in [9.17, 15) is 28.8 Å². The van der Waals surface area contributed by atoms with Gasteiger partial charge in [0.1, 0.15) is 0 Å². The smallest absolute Gasteiger partial charge is 0.225 e. The zero-order valence-electron chi connectivity index (χ0n) is 41.4. The second-order valence-corrected chi connectivity index (χ2v) is 19.3. The minimum Gasteiger partial charge on any atom is -0.378 e. The summed E-state index contributed by atoms with van der Waals surface area (Å²) in [6.45, 7) is 25.9. The summed E-state index contributed by atoms with van der Waals surface area (Å²) in [5.74, 6) is 1.90. The zero-order chi connectivity index (χ0) is 50.1. The highest BCUT2D eigenvalue weighted by Crippen LogP contribution is 2.17. The highest BCUT2D eigenvalue weighted by atomic mass is 32.1. The third-order valence-corrected chi connectivity index (χ3v) is 11.4. The molecule has 1 fully saturated rings. The molecule has 0 spiro atoms. The van der Waals surface area contributed by atoms with Crippen LogP contribution in [0.15, 0.2) is 120 Å². The predicted molar refractivity (Wildman–Crippen MR) is 276 cm³/mol.